The van der Waals surface area contributed by atoms with Crippen LogP contribution >= 0.6 is 12.4 Å². The fourth-order valence-electron chi connectivity index (χ4n) is 3.75. The summed E-state index contributed by atoms with van der Waals surface area (Å²) in [5, 5.41) is 10.1. The first kappa shape index (κ1) is 13.7. The molecule has 2 aliphatic rings. The topological polar surface area (TPSA) is 23.5 Å². The highest BCUT2D eigenvalue weighted by molar-refractivity contribution is 5.85. The van der Waals surface area contributed by atoms with E-state index in [0.29, 0.717) is 17.7 Å². The highest BCUT2D eigenvalue weighted by Crippen LogP contribution is 2.44. The standard InChI is InChI=1S/C15H21NO.ClH/c1-2-9-16-10-8-12-13(16)7-6-11-4-3-5-14(17)15(11)12;/h3-5,12-13,17H,2,6-10H2,1H3;1H/t12-,13-;/m0./s1. The van der Waals surface area contributed by atoms with E-state index in [2.05, 4.69) is 17.9 Å². The summed E-state index contributed by atoms with van der Waals surface area (Å²) in [6.45, 7) is 4.67. The second kappa shape index (κ2) is 5.50. The number of nitrogens with zero attached hydrogens (tertiary/aromatic N) is 1. The maximum absolute atomic E-state index is 10.1. The van der Waals surface area contributed by atoms with Gasteiger partial charge in [-0.2, -0.15) is 0 Å². The van der Waals surface area contributed by atoms with Crippen LogP contribution in [0.15, 0.2) is 18.2 Å². The molecule has 0 unspecified atom stereocenters. The number of aromatic hydroxyl groups is 1. The molecule has 0 spiro atoms. The number of aryl methyl sites for hydroxylation is 1. The predicted octanol–water partition coefficient (Wildman–Crippen LogP) is 3.33. The minimum atomic E-state index is 0. The number of phenols is 1. The molecule has 0 saturated carbocycles. The zero-order valence-corrected chi connectivity index (χ0v) is 11.7. The number of phenolic OH excluding ortho intramolecular Hbond substituents is 1. The summed E-state index contributed by atoms with van der Waals surface area (Å²) in [7, 11) is 0. The van der Waals surface area contributed by atoms with Crippen molar-refractivity contribution in [1.29, 1.82) is 0 Å². The molecule has 18 heavy (non-hydrogen) atoms. The van der Waals surface area contributed by atoms with E-state index in [-0.39, 0.29) is 12.4 Å². The van der Waals surface area contributed by atoms with Crippen LogP contribution < -0.4 is 0 Å². The molecule has 0 amide bonds. The molecule has 0 radical (unpaired) electrons. The second-order valence-electron chi connectivity index (χ2n) is 5.39. The summed E-state index contributed by atoms with van der Waals surface area (Å²) in [4.78, 5) is 2.63. The molecule has 1 aromatic rings. The van der Waals surface area contributed by atoms with Crippen LogP contribution in [-0.2, 0) is 6.42 Å². The summed E-state index contributed by atoms with van der Waals surface area (Å²) in [5.74, 6) is 1.10. The zero-order valence-electron chi connectivity index (χ0n) is 10.9. The molecule has 3 rings (SSSR count). The summed E-state index contributed by atoms with van der Waals surface area (Å²) >= 11 is 0. The normalized spacial score (nSPS) is 26.3. The van der Waals surface area contributed by atoms with E-state index in [4.69, 9.17) is 0 Å². The van der Waals surface area contributed by atoms with E-state index < -0.39 is 0 Å². The minimum absolute atomic E-state index is 0. The molecule has 100 valence electrons. The lowest BCUT2D eigenvalue weighted by molar-refractivity contribution is 0.226. The molecule has 0 bridgehead atoms. The Balaban J connectivity index is 0.00000120. The second-order valence-corrected chi connectivity index (χ2v) is 5.39. The van der Waals surface area contributed by atoms with Crippen molar-refractivity contribution in [3.05, 3.63) is 29.3 Å². The van der Waals surface area contributed by atoms with E-state index >= 15 is 0 Å². The summed E-state index contributed by atoms with van der Waals surface area (Å²) in [6.07, 6.45) is 4.85. The van der Waals surface area contributed by atoms with Gasteiger partial charge >= 0.3 is 0 Å². The van der Waals surface area contributed by atoms with Crippen molar-refractivity contribution in [2.45, 2.75) is 44.6 Å². The number of hydrogen-bond acceptors (Lipinski definition) is 2. The van der Waals surface area contributed by atoms with Gasteiger partial charge in [-0.1, -0.05) is 19.1 Å². The molecule has 1 aliphatic carbocycles. The van der Waals surface area contributed by atoms with Gasteiger partial charge < -0.3 is 5.11 Å². The first-order valence-corrected chi connectivity index (χ1v) is 6.86. The molecule has 2 nitrogen and oxygen atoms in total. The van der Waals surface area contributed by atoms with Crippen LogP contribution in [0.25, 0.3) is 0 Å². The maximum atomic E-state index is 10.1. The summed E-state index contributed by atoms with van der Waals surface area (Å²) < 4.78 is 0. The van der Waals surface area contributed by atoms with Gasteiger partial charge in [0.05, 0.1) is 0 Å². The zero-order chi connectivity index (χ0) is 11.8. The van der Waals surface area contributed by atoms with Gasteiger partial charge in [-0.15, -0.1) is 12.4 Å². The van der Waals surface area contributed by atoms with Crippen LogP contribution in [0.2, 0.25) is 0 Å². The van der Waals surface area contributed by atoms with Gasteiger partial charge in [-0.25, -0.2) is 0 Å². The Kier molecular flexibility index (Phi) is 4.18. The van der Waals surface area contributed by atoms with Crippen molar-refractivity contribution in [3.8, 4) is 5.75 Å². The van der Waals surface area contributed by atoms with E-state index in [1.165, 1.54) is 43.5 Å². The lowest BCUT2D eigenvalue weighted by Gasteiger charge is -2.33. The molecule has 1 heterocycles. The van der Waals surface area contributed by atoms with Gasteiger partial charge in [-0.05, 0) is 50.4 Å². The Morgan fingerprint density at radius 2 is 2.17 bits per heavy atom. The Morgan fingerprint density at radius 1 is 1.33 bits per heavy atom. The fraction of sp³-hybridized carbons (Fsp3) is 0.600. The largest absolute Gasteiger partial charge is 0.508 e. The third-order valence-electron chi connectivity index (χ3n) is 4.43. The van der Waals surface area contributed by atoms with Crippen LogP contribution in [0.3, 0.4) is 0 Å². The summed E-state index contributed by atoms with van der Waals surface area (Å²) in [5.41, 5.74) is 2.63. The Hall–Kier alpha value is -0.730. The van der Waals surface area contributed by atoms with E-state index in [1.807, 2.05) is 12.1 Å². The highest BCUT2D eigenvalue weighted by Gasteiger charge is 2.39. The maximum Gasteiger partial charge on any atom is 0.119 e. The van der Waals surface area contributed by atoms with E-state index in [1.54, 1.807) is 0 Å². The molecule has 1 saturated heterocycles. The van der Waals surface area contributed by atoms with E-state index in [9.17, 15) is 5.11 Å². The highest BCUT2D eigenvalue weighted by atomic mass is 35.5. The lowest BCUT2D eigenvalue weighted by Crippen LogP contribution is -2.35. The first-order valence-electron chi connectivity index (χ1n) is 6.86. The number of benzene rings is 1. The third-order valence-corrected chi connectivity index (χ3v) is 4.43. The third kappa shape index (κ3) is 2.12. The average Bonchev–Trinajstić information content (AvgIpc) is 2.73. The number of rotatable bonds is 2. The Labute approximate surface area is 115 Å². The molecule has 2 atom stereocenters. The Bertz CT molecular complexity index is 421. The molecule has 3 heteroatoms. The molecular weight excluding hydrogens is 246 g/mol. The molecular formula is C15H22ClNO. The van der Waals surface area contributed by atoms with Crippen LogP contribution in [0, 0.1) is 0 Å². The number of fused-ring (bicyclic) bond motifs is 3. The predicted molar refractivity (Wildman–Crippen MR) is 76.7 cm³/mol. The SMILES string of the molecule is CCCN1CC[C@@H]2c3c(O)cccc3CC[C@@H]21.Cl. The van der Waals surface area contributed by atoms with Gasteiger partial charge in [0.2, 0.25) is 0 Å². The number of halogens is 1. The molecule has 1 N–H and O–H groups in total. The fourth-order valence-corrected chi connectivity index (χ4v) is 3.75. The van der Waals surface area contributed by atoms with Crippen LogP contribution in [0.4, 0.5) is 0 Å². The minimum Gasteiger partial charge on any atom is -0.508 e. The van der Waals surface area contributed by atoms with Crippen molar-refractivity contribution < 1.29 is 5.11 Å². The molecule has 1 aromatic carbocycles. The smallest absolute Gasteiger partial charge is 0.119 e. The number of likely N-dealkylation sites (tertiary alicyclic amines) is 1. The van der Waals surface area contributed by atoms with Crippen LogP contribution in [0.5, 0.6) is 5.75 Å². The van der Waals surface area contributed by atoms with E-state index in [0.717, 1.165) is 6.42 Å². The van der Waals surface area contributed by atoms with Crippen molar-refractivity contribution in [1.82, 2.24) is 4.90 Å². The molecule has 1 fully saturated rings. The summed E-state index contributed by atoms with van der Waals surface area (Å²) in [6, 6.07) is 6.70. The van der Waals surface area contributed by atoms with Gasteiger partial charge in [0.1, 0.15) is 5.75 Å². The number of hydrogen-bond donors (Lipinski definition) is 1. The quantitative estimate of drug-likeness (QED) is 0.889. The van der Waals surface area contributed by atoms with Crippen molar-refractivity contribution in [2.75, 3.05) is 13.1 Å². The van der Waals surface area contributed by atoms with Gasteiger partial charge in [0, 0.05) is 17.5 Å². The van der Waals surface area contributed by atoms with Crippen LogP contribution in [0.1, 0.15) is 43.2 Å². The van der Waals surface area contributed by atoms with Gasteiger partial charge in [0.15, 0.2) is 0 Å². The molecule has 0 aromatic heterocycles. The lowest BCUT2D eigenvalue weighted by atomic mass is 9.79. The average molecular weight is 268 g/mol. The molecule has 1 aliphatic heterocycles. The van der Waals surface area contributed by atoms with Gasteiger partial charge in [0.25, 0.3) is 0 Å². The van der Waals surface area contributed by atoms with Crippen molar-refractivity contribution in [2.24, 2.45) is 0 Å². The van der Waals surface area contributed by atoms with Crippen molar-refractivity contribution in [3.63, 3.8) is 0 Å². The first-order chi connectivity index (χ1) is 8.31. The van der Waals surface area contributed by atoms with Crippen molar-refractivity contribution >= 4 is 12.4 Å². The van der Waals surface area contributed by atoms with Gasteiger partial charge in [-0.3, -0.25) is 4.90 Å². The Morgan fingerprint density at radius 3 is 2.94 bits per heavy atom. The monoisotopic (exact) mass is 267 g/mol. The van der Waals surface area contributed by atoms with Crippen LogP contribution in [-0.4, -0.2) is 29.1 Å².